The van der Waals surface area contributed by atoms with Gasteiger partial charge in [0.15, 0.2) is 5.78 Å². The summed E-state index contributed by atoms with van der Waals surface area (Å²) in [5.74, 6) is -0.0625. The first-order chi connectivity index (χ1) is 12.6. The van der Waals surface area contributed by atoms with Crippen molar-refractivity contribution in [2.75, 3.05) is 0 Å². The zero-order valence-electron chi connectivity index (χ0n) is 15.1. The summed E-state index contributed by atoms with van der Waals surface area (Å²) in [6.07, 6.45) is 1.17. The van der Waals surface area contributed by atoms with Crippen LogP contribution in [0, 0.1) is 0 Å². The zero-order chi connectivity index (χ0) is 18.8. The summed E-state index contributed by atoms with van der Waals surface area (Å²) in [6.45, 7) is 2.85. The molecule has 3 heteroatoms. The van der Waals surface area contributed by atoms with Gasteiger partial charge in [-0.15, -0.1) is 0 Å². The van der Waals surface area contributed by atoms with Crippen molar-refractivity contribution >= 4 is 36.3 Å². The summed E-state index contributed by atoms with van der Waals surface area (Å²) in [7, 11) is 0. The van der Waals surface area contributed by atoms with E-state index < -0.39 is 19.8 Å². The van der Waals surface area contributed by atoms with Crippen LogP contribution in [0.25, 0.3) is 0 Å². The van der Waals surface area contributed by atoms with E-state index in [2.05, 4.69) is 91.0 Å². The first kappa shape index (κ1) is 20.0. The van der Waals surface area contributed by atoms with Gasteiger partial charge in [-0.05, 0) is 13.8 Å². The molecule has 131 valence electrons. The molecule has 0 amide bonds. The average molecular weight is 450 g/mol. The normalized spacial score (nSPS) is 10.8. The second-order valence-corrected chi connectivity index (χ2v) is 13.0. The third-order valence-electron chi connectivity index (χ3n) is 3.60. The molecule has 0 fully saturated rings. The molecule has 0 atom stereocenters. The maximum absolute atomic E-state index is 10.0. The molecule has 0 saturated carbocycles. The molecule has 0 aliphatic rings. The van der Waals surface area contributed by atoms with Gasteiger partial charge in [-0.3, -0.25) is 4.79 Å². The molecule has 3 aromatic carbocycles. The molecular formula is C23H23O2Sn. The molecule has 0 aliphatic heterocycles. The van der Waals surface area contributed by atoms with E-state index >= 15 is 0 Å². The molecule has 0 aromatic heterocycles. The van der Waals surface area contributed by atoms with Gasteiger partial charge in [0.05, 0.1) is 5.76 Å². The number of carbonyl (C=O) groups excluding carboxylic acids is 1. The van der Waals surface area contributed by atoms with Crippen LogP contribution in [-0.4, -0.2) is 30.6 Å². The fourth-order valence-corrected chi connectivity index (χ4v) is 9.96. The Labute approximate surface area is 162 Å². The van der Waals surface area contributed by atoms with Crippen LogP contribution in [0.1, 0.15) is 13.8 Å². The van der Waals surface area contributed by atoms with E-state index in [1.165, 1.54) is 30.7 Å². The van der Waals surface area contributed by atoms with Crippen LogP contribution in [-0.2, 0) is 4.79 Å². The molecular weight excluding hydrogens is 427 g/mol. The zero-order valence-corrected chi connectivity index (χ0v) is 17.9. The van der Waals surface area contributed by atoms with Crippen LogP contribution in [0.5, 0.6) is 0 Å². The van der Waals surface area contributed by atoms with Gasteiger partial charge in [0.2, 0.25) is 0 Å². The Hall–Kier alpha value is -2.33. The summed E-state index contributed by atoms with van der Waals surface area (Å²) in [6, 6.07) is 32.9. The summed E-state index contributed by atoms with van der Waals surface area (Å²) < 4.78 is 4.59. The average Bonchev–Trinajstić information content (AvgIpc) is 2.64. The summed E-state index contributed by atoms with van der Waals surface area (Å²) in [4.78, 5) is 10.0. The van der Waals surface area contributed by atoms with E-state index in [0.29, 0.717) is 0 Å². The van der Waals surface area contributed by atoms with Gasteiger partial charge in [0, 0.05) is 6.08 Å². The molecule has 0 saturated heterocycles. The Morgan fingerprint density at radius 2 is 1.00 bits per heavy atom. The van der Waals surface area contributed by atoms with E-state index in [-0.39, 0.29) is 11.5 Å². The first-order valence-corrected chi connectivity index (χ1v) is 12.8. The van der Waals surface area contributed by atoms with Crippen molar-refractivity contribution < 1.29 is 9.90 Å². The van der Waals surface area contributed by atoms with Crippen LogP contribution < -0.4 is 10.7 Å². The van der Waals surface area contributed by atoms with Crippen molar-refractivity contribution in [3.05, 3.63) is 103 Å². The van der Waals surface area contributed by atoms with Gasteiger partial charge in [-0.25, -0.2) is 0 Å². The van der Waals surface area contributed by atoms with Crippen LogP contribution in [0.2, 0.25) is 0 Å². The number of aliphatic hydroxyl groups excluding tert-OH is 1. The van der Waals surface area contributed by atoms with E-state index in [9.17, 15) is 4.79 Å². The molecule has 1 N–H and O–H groups in total. The maximum atomic E-state index is 10.0. The van der Waals surface area contributed by atoms with Crippen LogP contribution in [0.15, 0.2) is 103 Å². The quantitative estimate of drug-likeness (QED) is 0.377. The number of allylic oxidation sites excluding steroid dienone is 2. The summed E-state index contributed by atoms with van der Waals surface area (Å²) in [5, 5.41) is 8.36. The van der Waals surface area contributed by atoms with E-state index in [1.807, 2.05) is 0 Å². The topological polar surface area (TPSA) is 37.3 Å². The predicted octanol–water partition coefficient (Wildman–Crippen LogP) is 3.24. The number of hydrogen-bond acceptors (Lipinski definition) is 2. The predicted molar refractivity (Wildman–Crippen MR) is 111 cm³/mol. The van der Waals surface area contributed by atoms with E-state index in [1.54, 1.807) is 0 Å². The van der Waals surface area contributed by atoms with Crippen molar-refractivity contribution in [3.63, 3.8) is 0 Å². The molecule has 1 radical (unpaired) electrons. The molecule has 0 spiro atoms. The molecule has 0 heterocycles. The molecule has 26 heavy (non-hydrogen) atoms. The van der Waals surface area contributed by atoms with Gasteiger partial charge in [0.1, 0.15) is 0 Å². The number of aliphatic hydroxyl groups is 1. The fourth-order valence-electron chi connectivity index (χ4n) is 2.61. The second-order valence-electron chi connectivity index (χ2n) is 5.87. The van der Waals surface area contributed by atoms with Gasteiger partial charge in [-0.1, -0.05) is 0 Å². The molecule has 0 unspecified atom stereocenters. The Morgan fingerprint density at radius 3 is 1.19 bits per heavy atom. The van der Waals surface area contributed by atoms with Crippen molar-refractivity contribution in [1.82, 2.24) is 0 Å². The third-order valence-corrected chi connectivity index (χ3v) is 11.4. The van der Waals surface area contributed by atoms with Gasteiger partial charge in [0.25, 0.3) is 0 Å². The van der Waals surface area contributed by atoms with Gasteiger partial charge in [-0.2, -0.15) is 0 Å². The van der Waals surface area contributed by atoms with Crippen LogP contribution >= 0.6 is 0 Å². The van der Waals surface area contributed by atoms with E-state index in [4.69, 9.17) is 5.11 Å². The van der Waals surface area contributed by atoms with Gasteiger partial charge >= 0.3 is 121 Å². The number of benzene rings is 3. The van der Waals surface area contributed by atoms with E-state index in [0.717, 1.165) is 0 Å². The van der Waals surface area contributed by atoms with Crippen molar-refractivity contribution in [3.8, 4) is 0 Å². The van der Waals surface area contributed by atoms with Crippen molar-refractivity contribution in [1.29, 1.82) is 0 Å². The Morgan fingerprint density at radius 1 is 0.692 bits per heavy atom. The summed E-state index contributed by atoms with van der Waals surface area (Å²) >= 11 is -1.98. The SMILES string of the molecule is CC(=O)/C=C(/C)O.c1cc[c]([Sn]([c]2ccccc2)[c]2ccccc2)cc1. The number of rotatable bonds is 4. The van der Waals surface area contributed by atoms with Crippen molar-refractivity contribution in [2.45, 2.75) is 13.8 Å². The second kappa shape index (κ2) is 10.6. The van der Waals surface area contributed by atoms with Crippen molar-refractivity contribution in [2.24, 2.45) is 0 Å². The number of hydrogen-bond donors (Lipinski definition) is 1. The third kappa shape index (κ3) is 6.52. The monoisotopic (exact) mass is 451 g/mol. The number of ketones is 1. The Balaban J connectivity index is 0.000000298. The van der Waals surface area contributed by atoms with Gasteiger partial charge < -0.3 is 5.11 Å². The number of carbonyl (C=O) groups is 1. The molecule has 0 bridgehead atoms. The molecule has 2 nitrogen and oxygen atoms in total. The molecule has 3 aromatic rings. The Bertz CT molecular complexity index is 730. The molecule has 3 rings (SSSR count). The standard InChI is InChI=1S/3C6H5.C5H8O2.Sn/c3*1-2-4-6-5-3-1;1-4(6)3-5(2)7;/h3*1-5H;3,6H,1-2H3;/b;;;4-3-;. The minimum atomic E-state index is -1.98. The fraction of sp³-hybridized carbons (Fsp3) is 0.0870. The molecule has 0 aliphatic carbocycles. The van der Waals surface area contributed by atoms with Crippen LogP contribution in [0.3, 0.4) is 0 Å². The Kier molecular flexibility index (Phi) is 8.16. The van der Waals surface area contributed by atoms with Crippen LogP contribution in [0.4, 0.5) is 0 Å². The first-order valence-electron chi connectivity index (χ1n) is 8.49. The summed E-state index contributed by atoms with van der Waals surface area (Å²) in [5.41, 5.74) is 0. The minimum absolute atomic E-state index is 0.0625.